The first-order valence-corrected chi connectivity index (χ1v) is 5.77. The van der Waals surface area contributed by atoms with Gasteiger partial charge in [0.1, 0.15) is 0 Å². The monoisotopic (exact) mass is 209 g/mol. The van der Waals surface area contributed by atoms with Crippen LogP contribution >= 0.6 is 11.6 Å². The van der Waals surface area contributed by atoms with E-state index in [0.717, 1.165) is 6.54 Å². The second-order valence-electron chi connectivity index (χ2n) is 3.90. The number of hydrogen-bond acceptors (Lipinski definition) is 1. The lowest BCUT2D eigenvalue weighted by Crippen LogP contribution is -2.38. The summed E-state index contributed by atoms with van der Waals surface area (Å²) in [6, 6.07) is 9.29. The van der Waals surface area contributed by atoms with E-state index in [1.165, 1.54) is 24.1 Å². The van der Waals surface area contributed by atoms with Crippen molar-refractivity contribution in [3.05, 3.63) is 29.8 Å². The van der Waals surface area contributed by atoms with Gasteiger partial charge in [0.25, 0.3) is 0 Å². The molecule has 1 atom stereocenters. The third kappa shape index (κ3) is 1.74. The number of halogens is 1. The average Bonchev–Trinajstić information content (AvgIpc) is 2.23. The second-order valence-corrected chi connectivity index (χ2v) is 4.28. The molecule has 0 radical (unpaired) electrons. The molecule has 2 heteroatoms. The number of anilines is 1. The molecule has 0 saturated carbocycles. The third-order valence-electron chi connectivity index (χ3n) is 2.99. The fourth-order valence-electron chi connectivity index (χ4n) is 2.19. The maximum Gasteiger partial charge on any atom is 0.0401 e. The van der Waals surface area contributed by atoms with Gasteiger partial charge < -0.3 is 4.90 Å². The number of fused-ring (bicyclic) bond motifs is 1. The van der Waals surface area contributed by atoms with E-state index in [4.69, 9.17) is 11.6 Å². The van der Waals surface area contributed by atoms with Crippen LogP contribution in [-0.4, -0.2) is 18.5 Å². The van der Waals surface area contributed by atoms with Crippen LogP contribution in [0.3, 0.4) is 0 Å². The van der Waals surface area contributed by atoms with Crippen LogP contribution in [0.15, 0.2) is 24.3 Å². The molecule has 1 nitrogen and oxygen atoms in total. The summed E-state index contributed by atoms with van der Waals surface area (Å²) < 4.78 is 0. The van der Waals surface area contributed by atoms with Gasteiger partial charge in [0.05, 0.1) is 0 Å². The minimum atomic E-state index is 0.628. The molecule has 1 unspecified atom stereocenters. The van der Waals surface area contributed by atoms with Gasteiger partial charge in [0, 0.05) is 24.2 Å². The van der Waals surface area contributed by atoms with Crippen LogP contribution in [0.2, 0.25) is 0 Å². The number of hydrogen-bond donors (Lipinski definition) is 0. The van der Waals surface area contributed by atoms with E-state index in [2.05, 4.69) is 36.1 Å². The van der Waals surface area contributed by atoms with Gasteiger partial charge in [-0.25, -0.2) is 0 Å². The number of rotatable bonds is 2. The van der Waals surface area contributed by atoms with Crippen molar-refractivity contribution in [1.82, 2.24) is 0 Å². The highest BCUT2D eigenvalue weighted by molar-refractivity contribution is 6.18. The van der Waals surface area contributed by atoms with Gasteiger partial charge in [-0.15, -0.1) is 11.6 Å². The number of nitrogens with zero attached hydrogens (tertiary/aromatic N) is 1. The summed E-state index contributed by atoms with van der Waals surface area (Å²) in [5.74, 6) is 0.707. The van der Waals surface area contributed by atoms with E-state index in [9.17, 15) is 0 Å². The summed E-state index contributed by atoms with van der Waals surface area (Å²) >= 11 is 5.83. The van der Waals surface area contributed by atoms with Gasteiger partial charge in [-0.3, -0.25) is 0 Å². The maximum absolute atomic E-state index is 5.83. The summed E-state index contributed by atoms with van der Waals surface area (Å²) in [5, 5.41) is 0. The Morgan fingerprint density at radius 3 is 3.00 bits per heavy atom. The lowest BCUT2D eigenvalue weighted by molar-refractivity contribution is 0.573. The number of para-hydroxylation sites is 1. The largest absolute Gasteiger partial charge is 0.367 e. The SMILES string of the molecule is CC1CCc2ccccc2N1CCCl. The minimum absolute atomic E-state index is 0.628. The van der Waals surface area contributed by atoms with Crippen molar-refractivity contribution in [3.63, 3.8) is 0 Å². The Morgan fingerprint density at radius 2 is 2.21 bits per heavy atom. The first-order valence-electron chi connectivity index (χ1n) is 5.23. The van der Waals surface area contributed by atoms with E-state index in [1.54, 1.807) is 0 Å². The summed E-state index contributed by atoms with van der Waals surface area (Å²) in [7, 11) is 0. The van der Waals surface area contributed by atoms with Crippen molar-refractivity contribution in [2.45, 2.75) is 25.8 Å². The van der Waals surface area contributed by atoms with Gasteiger partial charge in [-0.2, -0.15) is 0 Å². The zero-order chi connectivity index (χ0) is 9.97. The normalized spacial score (nSPS) is 20.7. The molecule has 1 aromatic rings. The molecule has 1 aromatic carbocycles. The summed E-state index contributed by atoms with van der Waals surface area (Å²) in [5.41, 5.74) is 2.85. The minimum Gasteiger partial charge on any atom is -0.367 e. The van der Waals surface area contributed by atoms with Crippen molar-refractivity contribution in [1.29, 1.82) is 0 Å². The third-order valence-corrected chi connectivity index (χ3v) is 3.16. The van der Waals surface area contributed by atoms with Gasteiger partial charge in [-0.05, 0) is 31.4 Å². The highest BCUT2D eigenvalue weighted by atomic mass is 35.5. The van der Waals surface area contributed by atoms with Crippen LogP contribution in [-0.2, 0) is 6.42 Å². The van der Waals surface area contributed by atoms with E-state index < -0.39 is 0 Å². The predicted molar refractivity (Wildman–Crippen MR) is 62.3 cm³/mol. The van der Waals surface area contributed by atoms with Crippen LogP contribution in [0, 0.1) is 0 Å². The molecule has 1 heterocycles. The van der Waals surface area contributed by atoms with Crippen molar-refractivity contribution < 1.29 is 0 Å². The Balaban J connectivity index is 2.31. The first-order chi connectivity index (χ1) is 6.83. The molecule has 0 bridgehead atoms. The quantitative estimate of drug-likeness (QED) is 0.677. The maximum atomic E-state index is 5.83. The molecule has 2 rings (SSSR count). The van der Waals surface area contributed by atoms with Crippen LogP contribution in [0.1, 0.15) is 18.9 Å². The van der Waals surface area contributed by atoms with E-state index in [1.807, 2.05) is 0 Å². The average molecular weight is 210 g/mol. The number of alkyl halides is 1. The van der Waals surface area contributed by atoms with Gasteiger partial charge >= 0.3 is 0 Å². The molecule has 0 amide bonds. The molecule has 0 N–H and O–H groups in total. The highest BCUT2D eigenvalue weighted by Crippen LogP contribution is 2.29. The van der Waals surface area contributed by atoms with Crippen molar-refractivity contribution in [3.8, 4) is 0 Å². The molecule has 76 valence electrons. The summed E-state index contributed by atoms with van der Waals surface area (Å²) in [6.45, 7) is 3.24. The van der Waals surface area contributed by atoms with Crippen LogP contribution in [0.25, 0.3) is 0 Å². The highest BCUT2D eigenvalue weighted by Gasteiger charge is 2.21. The van der Waals surface area contributed by atoms with Crippen LogP contribution in [0.4, 0.5) is 5.69 Å². The zero-order valence-corrected chi connectivity index (χ0v) is 9.30. The van der Waals surface area contributed by atoms with Gasteiger partial charge in [0.2, 0.25) is 0 Å². The van der Waals surface area contributed by atoms with Gasteiger partial charge in [0.15, 0.2) is 0 Å². The molecular weight excluding hydrogens is 194 g/mol. The lowest BCUT2D eigenvalue weighted by atomic mass is 9.97. The second kappa shape index (κ2) is 4.22. The number of benzene rings is 1. The van der Waals surface area contributed by atoms with Crippen molar-refractivity contribution in [2.75, 3.05) is 17.3 Å². The summed E-state index contributed by atoms with van der Waals surface area (Å²) in [6.07, 6.45) is 2.45. The Morgan fingerprint density at radius 1 is 1.43 bits per heavy atom. The number of aryl methyl sites for hydroxylation is 1. The fraction of sp³-hybridized carbons (Fsp3) is 0.500. The Hall–Kier alpha value is -0.690. The fourth-order valence-corrected chi connectivity index (χ4v) is 2.37. The molecule has 14 heavy (non-hydrogen) atoms. The Bertz CT molecular complexity index is 311. The van der Waals surface area contributed by atoms with E-state index >= 15 is 0 Å². The van der Waals surface area contributed by atoms with Crippen molar-refractivity contribution in [2.24, 2.45) is 0 Å². The smallest absolute Gasteiger partial charge is 0.0401 e. The van der Waals surface area contributed by atoms with Gasteiger partial charge in [-0.1, -0.05) is 18.2 Å². The summed E-state index contributed by atoms with van der Waals surface area (Å²) in [4.78, 5) is 2.42. The Labute approximate surface area is 90.7 Å². The topological polar surface area (TPSA) is 3.24 Å². The zero-order valence-electron chi connectivity index (χ0n) is 8.54. The first kappa shape index (κ1) is 9.85. The lowest BCUT2D eigenvalue weighted by Gasteiger charge is -2.36. The standard InChI is InChI=1S/C12H16ClN/c1-10-6-7-11-4-2-3-5-12(11)14(10)9-8-13/h2-5,10H,6-9H2,1H3. The molecule has 1 aliphatic rings. The van der Waals surface area contributed by atoms with Crippen LogP contribution in [0.5, 0.6) is 0 Å². The molecular formula is C12H16ClN. The molecule has 0 aliphatic carbocycles. The van der Waals surface area contributed by atoms with Crippen molar-refractivity contribution >= 4 is 17.3 Å². The predicted octanol–water partition coefficient (Wildman–Crippen LogP) is 3.07. The van der Waals surface area contributed by atoms with E-state index in [0.29, 0.717) is 11.9 Å². The molecule has 0 fully saturated rings. The van der Waals surface area contributed by atoms with Crippen LogP contribution < -0.4 is 4.90 Å². The molecule has 0 aromatic heterocycles. The Kier molecular flexibility index (Phi) is 2.97. The molecule has 0 saturated heterocycles. The van der Waals surface area contributed by atoms with E-state index in [-0.39, 0.29) is 0 Å². The molecule has 0 spiro atoms. The molecule has 1 aliphatic heterocycles.